The van der Waals surface area contributed by atoms with Crippen LogP contribution in [0.1, 0.15) is 45.3 Å². The number of amides is 1. The van der Waals surface area contributed by atoms with Crippen molar-refractivity contribution in [2.24, 2.45) is 11.7 Å². The molecule has 1 rings (SSSR count). The first-order valence-electron chi connectivity index (χ1n) is 6.65. The van der Waals surface area contributed by atoms with Gasteiger partial charge in [0.25, 0.3) is 0 Å². The summed E-state index contributed by atoms with van der Waals surface area (Å²) in [5, 5.41) is 6.68. The molecule has 1 heterocycles. The van der Waals surface area contributed by atoms with Gasteiger partial charge in [0.05, 0.1) is 0 Å². The van der Waals surface area contributed by atoms with Crippen molar-refractivity contribution in [3.63, 3.8) is 0 Å². The summed E-state index contributed by atoms with van der Waals surface area (Å²) in [5.41, 5.74) is 5.41. The zero-order valence-electron chi connectivity index (χ0n) is 12.2. The zero-order chi connectivity index (χ0) is 14.5. The summed E-state index contributed by atoms with van der Waals surface area (Å²) in [7, 11) is 0. The molecular weight excluding hydrogens is 244 g/mol. The molecule has 6 heteroatoms. The molecule has 6 nitrogen and oxygen atoms in total. The van der Waals surface area contributed by atoms with Gasteiger partial charge in [-0.3, -0.25) is 4.79 Å². The molecule has 0 aromatic carbocycles. The van der Waals surface area contributed by atoms with Crippen LogP contribution < -0.4 is 11.1 Å². The van der Waals surface area contributed by atoms with Crippen LogP contribution in [0.2, 0.25) is 0 Å². The van der Waals surface area contributed by atoms with Crippen molar-refractivity contribution < 1.29 is 9.32 Å². The van der Waals surface area contributed by atoms with Gasteiger partial charge in [-0.2, -0.15) is 4.98 Å². The van der Waals surface area contributed by atoms with Crippen LogP contribution in [0.5, 0.6) is 0 Å². The lowest BCUT2D eigenvalue weighted by Crippen LogP contribution is -2.52. The third-order valence-corrected chi connectivity index (χ3v) is 2.89. The molecule has 1 aromatic rings. The highest BCUT2D eigenvalue weighted by Gasteiger charge is 2.25. The Morgan fingerprint density at radius 1 is 1.53 bits per heavy atom. The average molecular weight is 268 g/mol. The van der Waals surface area contributed by atoms with Gasteiger partial charge in [-0.25, -0.2) is 0 Å². The van der Waals surface area contributed by atoms with Crippen molar-refractivity contribution in [3.8, 4) is 0 Å². The molecule has 0 aliphatic rings. The van der Waals surface area contributed by atoms with E-state index >= 15 is 0 Å². The van der Waals surface area contributed by atoms with E-state index in [0.717, 1.165) is 6.42 Å². The van der Waals surface area contributed by atoms with E-state index < -0.39 is 0 Å². The van der Waals surface area contributed by atoms with E-state index in [2.05, 4.69) is 29.3 Å². The van der Waals surface area contributed by atoms with Gasteiger partial charge >= 0.3 is 0 Å². The topological polar surface area (TPSA) is 94.0 Å². The summed E-state index contributed by atoms with van der Waals surface area (Å²) in [6.07, 6.45) is 1.64. The number of hydrogen-bond acceptors (Lipinski definition) is 5. The predicted octanol–water partition coefficient (Wildman–Crippen LogP) is 1.19. The van der Waals surface area contributed by atoms with Crippen LogP contribution in [0, 0.1) is 12.8 Å². The number of aromatic nitrogens is 2. The van der Waals surface area contributed by atoms with Crippen LogP contribution in [0.15, 0.2) is 4.52 Å². The van der Waals surface area contributed by atoms with Gasteiger partial charge in [-0.1, -0.05) is 19.0 Å². The Morgan fingerprint density at radius 2 is 2.21 bits per heavy atom. The quantitative estimate of drug-likeness (QED) is 0.774. The SMILES string of the molecule is Cc1noc(CCC(=O)NC(C)(CN)CC(C)C)n1. The van der Waals surface area contributed by atoms with E-state index in [1.165, 1.54) is 0 Å². The number of carbonyl (C=O) groups is 1. The lowest BCUT2D eigenvalue weighted by Gasteiger charge is -2.31. The maximum absolute atomic E-state index is 11.9. The standard InChI is InChI=1S/C13H24N4O2/c1-9(2)7-13(4,8-14)16-11(18)5-6-12-15-10(3)17-19-12/h9H,5-8,14H2,1-4H3,(H,16,18). The molecule has 1 amide bonds. The summed E-state index contributed by atoms with van der Waals surface area (Å²) in [5.74, 6) is 1.52. The smallest absolute Gasteiger partial charge is 0.227 e. The van der Waals surface area contributed by atoms with Crippen molar-refractivity contribution in [1.82, 2.24) is 15.5 Å². The molecule has 108 valence electrons. The summed E-state index contributed by atoms with van der Waals surface area (Å²) in [6.45, 7) is 8.38. The highest BCUT2D eigenvalue weighted by atomic mass is 16.5. The fourth-order valence-corrected chi connectivity index (χ4v) is 2.15. The molecule has 0 saturated heterocycles. The van der Waals surface area contributed by atoms with Gasteiger partial charge in [-0.15, -0.1) is 0 Å². The van der Waals surface area contributed by atoms with Crippen LogP contribution in [-0.2, 0) is 11.2 Å². The number of carbonyl (C=O) groups excluding carboxylic acids is 1. The fourth-order valence-electron chi connectivity index (χ4n) is 2.15. The van der Waals surface area contributed by atoms with Crippen LogP contribution in [0.4, 0.5) is 0 Å². The Balaban J connectivity index is 2.45. The molecular formula is C13H24N4O2. The van der Waals surface area contributed by atoms with E-state index in [0.29, 0.717) is 37.0 Å². The first-order valence-corrected chi connectivity index (χ1v) is 6.65. The maximum atomic E-state index is 11.9. The Hall–Kier alpha value is -1.43. The Morgan fingerprint density at radius 3 is 2.68 bits per heavy atom. The second-order valence-corrected chi connectivity index (χ2v) is 5.65. The van der Waals surface area contributed by atoms with Crippen molar-refractivity contribution >= 4 is 5.91 Å². The molecule has 0 bridgehead atoms. The van der Waals surface area contributed by atoms with Crippen molar-refractivity contribution in [1.29, 1.82) is 0 Å². The first-order chi connectivity index (χ1) is 8.84. The summed E-state index contributed by atoms with van der Waals surface area (Å²) in [4.78, 5) is 16.0. The largest absolute Gasteiger partial charge is 0.350 e. The molecule has 0 radical (unpaired) electrons. The number of hydrogen-bond donors (Lipinski definition) is 2. The van der Waals surface area contributed by atoms with Crippen molar-refractivity contribution in [3.05, 3.63) is 11.7 Å². The van der Waals surface area contributed by atoms with E-state index in [9.17, 15) is 4.79 Å². The normalized spacial score (nSPS) is 14.4. The minimum absolute atomic E-state index is 0.0375. The van der Waals surface area contributed by atoms with Gasteiger partial charge in [-0.05, 0) is 26.2 Å². The molecule has 1 unspecified atom stereocenters. The maximum Gasteiger partial charge on any atom is 0.227 e. The third-order valence-electron chi connectivity index (χ3n) is 2.89. The molecule has 19 heavy (non-hydrogen) atoms. The van der Waals surface area contributed by atoms with E-state index in [-0.39, 0.29) is 11.4 Å². The van der Waals surface area contributed by atoms with Gasteiger partial charge in [0.2, 0.25) is 11.8 Å². The van der Waals surface area contributed by atoms with Crippen LogP contribution >= 0.6 is 0 Å². The van der Waals surface area contributed by atoms with Gasteiger partial charge in [0.1, 0.15) is 0 Å². The number of rotatable bonds is 7. The first kappa shape index (κ1) is 15.6. The minimum Gasteiger partial charge on any atom is -0.350 e. The second kappa shape index (κ2) is 6.65. The molecule has 0 spiro atoms. The highest BCUT2D eigenvalue weighted by molar-refractivity contribution is 5.76. The van der Waals surface area contributed by atoms with Crippen molar-refractivity contribution in [2.45, 2.75) is 52.5 Å². The van der Waals surface area contributed by atoms with E-state index in [4.69, 9.17) is 10.3 Å². The van der Waals surface area contributed by atoms with Gasteiger partial charge < -0.3 is 15.6 Å². The van der Waals surface area contributed by atoms with Crippen LogP contribution in [0.25, 0.3) is 0 Å². The van der Waals surface area contributed by atoms with E-state index in [1.807, 2.05) is 6.92 Å². The zero-order valence-corrected chi connectivity index (χ0v) is 12.2. The highest BCUT2D eigenvalue weighted by Crippen LogP contribution is 2.15. The van der Waals surface area contributed by atoms with Crippen molar-refractivity contribution in [2.75, 3.05) is 6.54 Å². The lowest BCUT2D eigenvalue weighted by atomic mass is 9.90. The Kier molecular flexibility index (Phi) is 5.47. The number of aryl methyl sites for hydroxylation is 2. The van der Waals surface area contributed by atoms with Gasteiger partial charge in [0.15, 0.2) is 5.82 Å². The fraction of sp³-hybridized carbons (Fsp3) is 0.769. The Labute approximate surface area is 114 Å². The van der Waals surface area contributed by atoms with Gasteiger partial charge in [0, 0.05) is 24.9 Å². The molecule has 0 aliphatic carbocycles. The molecule has 1 atom stereocenters. The Bertz CT molecular complexity index is 417. The lowest BCUT2D eigenvalue weighted by molar-refractivity contribution is -0.123. The molecule has 3 N–H and O–H groups in total. The summed E-state index contributed by atoms with van der Waals surface area (Å²) >= 11 is 0. The number of nitrogens with one attached hydrogen (secondary N) is 1. The average Bonchev–Trinajstić information content (AvgIpc) is 2.71. The minimum atomic E-state index is -0.351. The number of nitrogens with two attached hydrogens (primary N) is 1. The molecule has 0 fully saturated rings. The van der Waals surface area contributed by atoms with Crippen LogP contribution in [0.3, 0.4) is 0 Å². The van der Waals surface area contributed by atoms with Crippen LogP contribution in [-0.4, -0.2) is 28.1 Å². The van der Waals surface area contributed by atoms with E-state index in [1.54, 1.807) is 6.92 Å². The number of nitrogens with zero attached hydrogens (tertiary/aromatic N) is 2. The summed E-state index contributed by atoms with van der Waals surface area (Å²) in [6, 6.07) is 0. The second-order valence-electron chi connectivity index (χ2n) is 5.65. The predicted molar refractivity (Wildman–Crippen MR) is 72.4 cm³/mol. The third kappa shape index (κ3) is 5.38. The molecule has 1 aromatic heterocycles. The monoisotopic (exact) mass is 268 g/mol. The molecule has 0 saturated carbocycles. The summed E-state index contributed by atoms with van der Waals surface area (Å²) < 4.78 is 4.97. The molecule has 0 aliphatic heterocycles.